The van der Waals surface area contributed by atoms with Crippen LogP contribution in [-0.4, -0.2) is 28.3 Å². The van der Waals surface area contributed by atoms with Gasteiger partial charge in [0.15, 0.2) is 5.16 Å². The summed E-state index contributed by atoms with van der Waals surface area (Å²) >= 11 is 7.28. The number of imidazole rings is 1. The highest BCUT2D eigenvalue weighted by atomic mass is 35.5. The topological polar surface area (TPSA) is 56.2 Å². The Morgan fingerprint density at radius 1 is 1.03 bits per heavy atom. The number of amides is 1. The number of carbonyl (C=O) groups is 1. The minimum atomic E-state index is -0.113. The molecule has 0 saturated heterocycles. The Morgan fingerprint density at radius 2 is 1.74 bits per heavy atom. The van der Waals surface area contributed by atoms with E-state index in [1.165, 1.54) is 11.8 Å². The number of nitrogens with zero attached hydrogens (tertiary/aromatic N) is 2. The fourth-order valence-electron chi connectivity index (χ4n) is 3.00. The van der Waals surface area contributed by atoms with E-state index in [0.717, 1.165) is 27.9 Å². The van der Waals surface area contributed by atoms with Gasteiger partial charge in [-0.05, 0) is 48.5 Å². The predicted octanol–water partition coefficient (Wildman–Crippen LogP) is 5.93. The highest BCUT2D eigenvalue weighted by molar-refractivity contribution is 7.99. The van der Waals surface area contributed by atoms with Crippen LogP contribution in [0.25, 0.3) is 16.9 Å². The molecule has 1 amide bonds. The molecule has 156 valence electrons. The molecule has 0 saturated carbocycles. The highest BCUT2D eigenvalue weighted by Crippen LogP contribution is 2.28. The van der Waals surface area contributed by atoms with Crippen LogP contribution in [0.15, 0.2) is 90.2 Å². The summed E-state index contributed by atoms with van der Waals surface area (Å²) in [6.07, 6.45) is 1.98. The number of methoxy groups -OCH3 is 1. The van der Waals surface area contributed by atoms with E-state index in [2.05, 4.69) is 5.32 Å². The van der Waals surface area contributed by atoms with Crippen molar-refractivity contribution in [1.29, 1.82) is 0 Å². The fraction of sp³-hybridized carbons (Fsp3) is 0.0833. The number of carbonyl (C=O) groups excluding carboxylic acids is 1. The molecule has 0 spiro atoms. The number of aromatic nitrogens is 2. The van der Waals surface area contributed by atoms with Crippen molar-refractivity contribution in [3.63, 3.8) is 0 Å². The lowest BCUT2D eigenvalue weighted by Crippen LogP contribution is -2.14. The summed E-state index contributed by atoms with van der Waals surface area (Å²) in [6, 6.07) is 24.7. The Hall–Kier alpha value is -3.22. The van der Waals surface area contributed by atoms with Crippen molar-refractivity contribution in [3.05, 3.63) is 90.1 Å². The predicted molar refractivity (Wildman–Crippen MR) is 126 cm³/mol. The van der Waals surface area contributed by atoms with Gasteiger partial charge in [-0.1, -0.05) is 53.7 Å². The molecule has 1 heterocycles. The number of anilines is 1. The van der Waals surface area contributed by atoms with E-state index < -0.39 is 0 Å². The second-order valence-corrected chi connectivity index (χ2v) is 8.07. The standard InChI is InChI=1S/C24H20ClN3O2S/c1-30-21-13-11-20(12-14-21)28-15-22(17-5-3-2-4-6-17)27-24(28)31-16-23(29)26-19-9-7-18(25)8-10-19/h2-15H,16H2,1H3,(H,26,29). The second kappa shape index (κ2) is 9.73. The number of nitrogens with one attached hydrogen (secondary N) is 1. The molecule has 0 aliphatic heterocycles. The van der Waals surface area contributed by atoms with E-state index in [4.69, 9.17) is 21.3 Å². The van der Waals surface area contributed by atoms with Gasteiger partial charge < -0.3 is 10.1 Å². The minimum absolute atomic E-state index is 0.113. The van der Waals surface area contributed by atoms with E-state index in [0.29, 0.717) is 10.7 Å². The van der Waals surface area contributed by atoms with Crippen LogP contribution in [0.1, 0.15) is 0 Å². The Balaban J connectivity index is 1.56. The number of ether oxygens (including phenoxy) is 1. The molecular formula is C24H20ClN3O2S. The van der Waals surface area contributed by atoms with Crippen molar-refractivity contribution >= 4 is 35.0 Å². The molecule has 5 nitrogen and oxygen atoms in total. The normalized spacial score (nSPS) is 10.6. The molecule has 0 aliphatic carbocycles. The average Bonchev–Trinajstić information content (AvgIpc) is 3.24. The first-order chi connectivity index (χ1) is 15.1. The first-order valence-electron chi connectivity index (χ1n) is 9.60. The fourth-order valence-corrected chi connectivity index (χ4v) is 3.92. The van der Waals surface area contributed by atoms with Gasteiger partial charge >= 0.3 is 0 Å². The SMILES string of the molecule is COc1ccc(-n2cc(-c3ccccc3)nc2SCC(=O)Nc2ccc(Cl)cc2)cc1. The number of rotatable bonds is 7. The minimum Gasteiger partial charge on any atom is -0.497 e. The number of benzene rings is 3. The van der Waals surface area contributed by atoms with Crippen LogP contribution in [0.2, 0.25) is 5.02 Å². The number of thioether (sulfide) groups is 1. The van der Waals surface area contributed by atoms with Crippen LogP contribution < -0.4 is 10.1 Å². The lowest BCUT2D eigenvalue weighted by atomic mass is 10.2. The first kappa shape index (κ1) is 21.0. The maximum absolute atomic E-state index is 12.5. The molecule has 3 aromatic carbocycles. The number of hydrogen-bond acceptors (Lipinski definition) is 4. The molecular weight excluding hydrogens is 430 g/mol. The second-order valence-electron chi connectivity index (χ2n) is 6.69. The van der Waals surface area contributed by atoms with Crippen molar-refractivity contribution in [2.75, 3.05) is 18.2 Å². The molecule has 0 atom stereocenters. The van der Waals surface area contributed by atoms with Gasteiger partial charge in [0, 0.05) is 28.2 Å². The third kappa shape index (κ3) is 5.29. The maximum Gasteiger partial charge on any atom is 0.234 e. The summed E-state index contributed by atoms with van der Waals surface area (Å²) < 4.78 is 7.25. The molecule has 0 unspecified atom stereocenters. The summed E-state index contributed by atoms with van der Waals surface area (Å²) in [6.45, 7) is 0. The maximum atomic E-state index is 12.5. The lowest BCUT2D eigenvalue weighted by Gasteiger charge is -2.09. The van der Waals surface area contributed by atoms with Gasteiger partial charge in [-0.3, -0.25) is 9.36 Å². The van der Waals surface area contributed by atoms with Crippen LogP contribution in [0, 0.1) is 0 Å². The molecule has 0 radical (unpaired) electrons. The summed E-state index contributed by atoms with van der Waals surface area (Å²) in [5.41, 5.74) is 3.51. The van der Waals surface area contributed by atoms with Crippen LogP contribution in [0.3, 0.4) is 0 Å². The van der Waals surface area contributed by atoms with Crippen molar-refractivity contribution in [1.82, 2.24) is 9.55 Å². The molecule has 4 rings (SSSR count). The Kier molecular flexibility index (Phi) is 6.60. The quantitative estimate of drug-likeness (QED) is 0.355. The number of halogens is 1. The van der Waals surface area contributed by atoms with Gasteiger partial charge in [0.2, 0.25) is 5.91 Å². The zero-order chi connectivity index (χ0) is 21.6. The molecule has 0 bridgehead atoms. The van der Waals surface area contributed by atoms with Crippen molar-refractivity contribution in [2.45, 2.75) is 5.16 Å². The highest BCUT2D eigenvalue weighted by Gasteiger charge is 2.14. The van der Waals surface area contributed by atoms with Crippen molar-refractivity contribution in [3.8, 4) is 22.7 Å². The summed E-state index contributed by atoms with van der Waals surface area (Å²) in [5, 5.41) is 4.24. The van der Waals surface area contributed by atoms with Gasteiger partial charge in [0.1, 0.15) is 5.75 Å². The zero-order valence-electron chi connectivity index (χ0n) is 16.8. The third-order valence-electron chi connectivity index (χ3n) is 4.55. The monoisotopic (exact) mass is 449 g/mol. The molecule has 0 aliphatic rings. The third-order valence-corrected chi connectivity index (χ3v) is 5.76. The van der Waals surface area contributed by atoms with Crippen LogP contribution in [0.5, 0.6) is 5.75 Å². The molecule has 1 N–H and O–H groups in total. The largest absolute Gasteiger partial charge is 0.497 e. The molecule has 1 aromatic heterocycles. The van der Waals surface area contributed by atoms with Gasteiger partial charge in [-0.25, -0.2) is 4.98 Å². The van der Waals surface area contributed by atoms with Crippen molar-refractivity contribution in [2.24, 2.45) is 0 Å². The van der Waals surface area contributed by atoms with Crippen LogP contribution in [0.4, 0.5) is 5.69 Å². The Labute approximate surface area is 190 Å². The van der Waals surface area contributed by atoms with E-state index >= 15 is 0 Å². The van der Waals surface area contributed by atoms with E-state index in [-0.39, 0.29) is 11.7 Å². The summed E-state index contributed by atoms with van der Waals surface area (Å²) in [7, 11) is 1.64. The van der Waals surface area contributed by atoms with Gasteiger partial charge in [-0.15, -0.1) is 0 Å². The summed E-state index contributed by atoms with van der Waals surface area (Å²) in [5.74, 6) is 0.894. The molecule has 4 aromatic rings. The molecule has 0 fully saturated rings. The first-order valence-corrected chi connectivity index (χ1v) is 11.0. The average molecular weight is 450 g/mol. The van der Waals surface area contributed by atoms with E-state index in [9.17, 15) is 4.79 Å². The summed E-state index contributed by atoms with van der Waals surface area (Å²) in [4.78, 5) is 17.2. The van der Waals surface area contributed by atoms with E-state index in [1.807, 2.05) is 65.4 Å². The van der Waals surface area contributed by atoms with E-state index in [1.54, 1.807) is 31.4 Å². The molecule has 31 heavy (non-hydrogen) atoms. The molecule has 7 heteroatoms. The lowest BCUT2D eigenvalue weighted by molar-refractivity contribution is -0.113. The van der Waals surface area contributed by atoms with Gasteiger partial charge in [0.05, 0.1) is 18.6 Å². The van der Waals surface area contributed by atoms with Crippen molar-refractivity contribution < 1.29 is 9.53 Å². The Morgan fingerprint density at radius 3 is 2.42 bits per heavy atom. The van der Waals surface area contributed by atoms with Crippen LogP contribution >= 0.6 is 23.4 Å². The zero-order valence-corrected chi connectivity index (χ0v) is 18.4. The Bertz CT molecular complexity index is 1160. The van der Waals surface area contributed by atoms with Gasteiger partial charge in [0.25, 0.3) is 0 Å². The number of hydrogen-bond donors (Lipinski definition) is 1. The van der Waals surface area contributed by atoms with Gasteiger partial charge in [-0.2, -0.15) is 0 Å². The smallest absolute Gasteiger partial charge is 0.234 e. The van der Waals surface area contributed by atoms with Crippen LogP contribution in [-0.2, 0) is 4.79 Å².